The summed E-state index contributed by atoms with van der Waals surface area (Å²) in [4.78, 5) is 198. The van der Waals surface area contributed by atoms with Crippen LogP contribution < -0.4 is 76.1 Å². The van der Waals surface area contributed by atoms with E-state index in [0.29, 0.717) is 155 Å². The minimum Gasteiger partial charge on any atom is -0.369 e. The topological polar surface area (TPSA) is 504 Å². The van der Waals surface area contributed by atoms with Gasteiger partial charge in [-0.2, -0.15) is 0 Å². The zero-order valence-corrected chi connectivity index (χ0v) is 64.9. The van der Waals surface area contributed by atoms with E-state index in [2.05, 4.69) is 53.2 Å². The van der Waals surface area contributed by atoms with Gasteiger partial charge in [0.25, 0.3) is 0 Å². The molecule has 0 aliphatic carbocycles. The predicted molar refractivity (Wildman–Crippen MR) is 403 cm³/mol. The first-order valence-corrected chi connectivity index (χ1v) is 43.3. The van der Waals surface area contributed by atoms with E-state index < -0.39 is 71.2 Å². The van der Waals surface area contributed by atoms with Crippen molar-refractivity contribution in [2.45, 2.75) is 187 Å². The molecule has 32 nitrogen and oxygen atoms in total. The molecule has 0 spiro atoms. The van der Waals surface area contributed by atoms with E-state index in [1.807, 2.05) is 0 Å². The maximum Gasteiger partial charge on any atom is 0.242 e. The lowest BCUT2D eigenvalue weighted by molar-refractivity contribution is -0.139. The van der Waals surface area contributed by atoms with Crippen LogP contribution in [0.4, 0.5) is 0 Å². The molecular formula is C62H104N16O16S8. The molecule has 4 saturated heterocycles. The Hall–Kier alpha value is -5.68. The Kier molecular flexibility index (Phi) is 45.7. The number of amides is 16. The highest BCUT2D eigenvalue weighted by molar-refractivity contribution is 8.93. The van der Waals surface area contributed by atoms with Crippen LogP contribution in [0.2, 0.25) is 0 Å². The number of nitrogens with zero attached hydrogens (tertiary/aromatic N) is 2. The first-order valence-electron chi connectivity index (χ1n) is 34.2. The second-order valence-electron chi connectivity index (χ2n) is 24.7. The van der Waals surface area contributed by atoms with Crippen molar-refractivity contribution in [3.05, 3.63) is 0 Å². The number of unbranched alkanes of at least 4 members (excludes halogenated alkanes) is 6. The van der Waals surface area contributed by atoms with Crippen LogP contribution in [0, 0.1) is 23.7 Å². The molecule has 4 heterocycles. The second kappa shape index (κ2) is 51.5. The summed E-state index contributed by atoms with van der Waals surface area (Å²) in [5, 5.41) is 26.9. The number of nitrogens with one attached hydrogen (secondary N) is 10. The van der Waals surface area contributed by atoms with Gasteiger partial charge in [0, 0.05) is 92.9 Å². The number of carbonyl (C=O) groups is 16. The van der Waals surface area contributed by atoms with E-state index in [1.54, 1.807) is 86.4 Å². The average molecular weight is 1590 g/mol. The van der Waals surface area contributed by atoms with Gasteiger partial charge < -0.3 is 85.9 Å². The lowest BCUT2D eigenvalue weighted by Crippen LogP contribution is -2.48. The molecule has 6 atom stereocenters. The standard InChI is InChI=1S/2C31H52N8O8S4/c2*1-19(40)34-13-8-5-11-23(38-20(2)41)29(47)37-16-12-26(44)39(17-24(42)35-14-6-3-9-21(27(32)45)30-48-49-30)18-25(43)36-15-7-4-10-22(28(33)46)31-50-51-31/h2*21-23,30-31H,3-18H2,1-2H3,(H2,32,45)(H2,33,46)(H,34,40)(H,35,42)(H,36,43)(H,37,47)(H,38,41)/t2*21?,22?,23-/m00/s1. The second-order valence-corrected chi connectivity index (χ2v) is 36.1. The Balaban J connectivity index is 0.000000530. The molecule has 0 saturated carbocycles. The summed E-state index contributed by atoms with van der Waals surface area (Å²) in [6.07, 6.45) is 10.2. The Morgan fingerprint density at radius 2 is 0.520 bits per heavy atom. The summed E-state index contributed by atoms with van der Waals surface area (Å²) in [5.74, 6) is -7.14. The maximum absolute atomic E-state index is 13.2. The van der Waals surface area contributed by atoms with Crippen molar-refractivity contribution < 1.29 is 76.7 Å². The van der Waals surface area contributed by atoms with Crippen molar-refractivity contribution in [1.82, 2.24) is 63.0 Å². The Bertz CT molecular complexity index is 2520. The predicted octanol–water partition coefficient (Wildman–Crippen LogP) is 0.701. The third kappa shape index (κ3) is 42.9. The Morgan fingerprint density at radius 3 is 0.725 bits per heavy atom. The molecular weight excluding hydrogens is 1480 g/mol. The lowest BCUT2D eigenvalue weighted by Gasteiger charge is -2.23. The molecule has 0 aromatic rings. The van der Waals surface area contributed by atoms with Crippen molar-refractivity contribution in [3.63, 3.8) is 0 Å². The van der Waals surface area contributed by atoms with Gasteiger partial charge in [-0.25, -0.2) is 0 Å². The van der Waals surface area contributed by atoms with Crippen LogP contribution in [0.3, 0.4) is 0 Å². The van der Waals surface area contributed by atoms with Crippen LogP contribution in [0.25, 0.3) is 0 Å². The number of hydrogen-bond acceptors (Lipinski definition) is 24. The van der Waals surface area contributed by atoms with E-state index in [9.17, 15) is 76.7 Å². The summed E-state index contributed by atoms with van der Waals surface area (Å²) < 4.78 is 0.770. The highest BCUT2D eigenvalue weighted by Gasteiger charge is 2.40. The molecule has 4 fully saturated rings. The summed E-state index contributed by atoms with van der Waals surface area (Å²) in [6, 6.07) is -1.66. The number of primary amides is 4. The quantitative estimate of drug-likeness (QED) is 0.0226. The van der Waals surface area contributed by atoms with E-state index in [1.165, 1.54) is 27.7 Å². The zero-order chi connectivity index (χ0) is 75.5. The van der Waals surface area contributed by atoms with Crippen molar-refractivity contribution in [1.29, 1.82) is 0 Å². The normalized spacial score (nSPS) is 15.4. The summed E-state index contributed by atoms with van der Waals surface area (Å²) >= 11 is 0. The van der Waals surface area contributed by atoms with Crippen molar-refractivity contribution >= 4 is 181 Å². The molecule has 18 N–H and O–H groups in total. The maximum atomic E-state index is 13.2. The number of nitrogens with two attached hydrogens (primary N) is 4. The van der Waals surface area contributed by atoms with Gasteiger partial charge in [-0.15, -0.1) is 0 Å². The molecule has 0 aromatic carbocycles. The molecule has 576 valence electrons. The zero-order valence-electron chi connectivity index (χ0n) is 58.4. The van der Waals surface area contributed by atoms with Gasteiger partial charge >= 0.3 is 0 Å². The fourth-order valence-electron chi connectivity index (χ4n) is 10.2. The first kappa shape index (κ1) is 90.5. The minimum absolute atomic E-state index is 0.0867. The van der Waals surface area contributed by atoms with E-state index >= 15 is 0 Å². The fourth-order valence-corrected chi connectivity index (χ4v) is 17.7. The highest BCUT2D eigenvalue weighted by atomic mass is 33.2. The van der Waals surface area contributed by atoms with Crippen LogP contribution in [0.15, 0.2) is 0 Å². The van der Waals surface area contributed by atoms with Crippen LogP contribution in [-0.4, -0.2) is 213 Å². The summed E-state index contributed by atoms with van der Waals surface area (Å²) in [6.45, 7) is 5.89. The largest absolute Gasteiger partial charge is 0.369 e. The van der Waals surface area contributed by atoms with Crippen LogP contribution in [0.1, 0.15) is 156 Å². The van der Waals surface area contributed by atoms with Gasteiger partial charge in [-0.1, -0.05) is 112 Å². The molecule has 4 aliphatic heterocycles. The van der Waals surface area contributed by atoms with Crippen LogP contribution in [-0.2, 0) is 76.7 Å². The molecule has 40 heteroatoms. The monoisotopic (exact) mass is 1580 g/mol. The molecule has 102 heavy (non-hydrogen) atoms. The Labute approximate surface area is 628 Å². The summed E-state index contributed by atoms with van der Waals surface area (Å²) in [5.41, 5.74) is 22.0. The fraction of sp³-hybridized carbons (Fsp3) is 0.742. The van der Waals surface area contributed by atoms with E-state index in [4.69, 9.17) is 22.9 Å². The molecule has 0 radical (unpaired) electrons. The van der Waals surface area contributed by atoms with Gasteiger partial charge in [0.05, 0.1) is 42.0 Å². The molecule has 4 unspecified atom stereocenters. The lowest BCUT2D eigenvalue weighted by atomic mass is 10.0. The summed E-state index contributed by atoms with van der Waals surface area (Å²) in [7, 11) is 13.0. The van der Waals surface area contributed by atoms with E-state index in [0.717, 1.165) is 9.80 Å². The molecule has 0 bridgehead atoms. The molecule has 4 aliphatic rings. The average Bonchev–Trinajstić information content (AvgIpc) is 1.72. The van der Waals surface area contributed by atoms with E-state index in [-0.39, 0.29) is 130 Å². The molecule has 4 rings (SSSR count). The smallest absolute Gasteiger partial charge is 0.242 e. The number of carbonyl (C=O) groups excluding carboxylic acids is 16. The van der Waals surface area contributed by atoms with Crippen molar-refractivity contribution in [3.8, 4) is 0 Å². The highest BCUT2D eigenvalue weighted by Crippen LogP contribution is 2.60. The number of hydrogen-bond donors (Lipinski definition) is 14. The molecule has 16 amide bonds. The van der Waals surface area contributed by atoms with Crippen LogP contribution in [0.5, 0.6) is 0 Å². The molecule has 0 aromatic heterocycles. The van der Waals surface area contributed by atoms with Crippen molar-refractivity contribution in [2.24, 2.45) is 46.6 Å². The minimum atomic E-state index is -0.831. The first-order chi connectivity index (χ1) is 48.6. The van der Waals surface area contributed by atoms with Gasteiger partial charge in [-0.05, 0) is 89.9 Å². The van der Waals surface area contributed by atoms with Crippen molar-refractivity contribution in [2.75, 3.05) is 78.5 Å². The van der Waals surface area contributed by atoms with Crippen LogP contribution >= 0.6 is 86.4 Å². The third-order valence-electron chi connectivity index (χ3n) is 16.0. The van der Waals surface area contributed by atoms with Gasteiger partial charge in [0.1, 0.15) is 38.3 Å². The third-order valence-corrected chi connectivity index (χ3v) is 25.2. The Morgan fingerprint density at radius 1 is 0.294 bits per heavy atom. The van der Waals surface area contributed by atoms with Gasteiger partial charge in [0.2, 0.25) is 94.5 Å². The van der Waals surface area contributed by atoms with Gasteiger partial charge in [-0.3, -0.25) is 76.7 Å². The SMILES string of the molecule is CC(=O)NCCCC[C@H](NC(C)=O)C(=O)NCCC(=O)N(CC(=O)NCCCCC(C(N)=O)C1SS1)CC(=O)NCCCCC(C(N)=O)C1SS1.CC(=O)NCCCC[C@H](NC(C)=O)C(=O)NCCC(=O)N(CC(=O)NCCCCC(C(N)=O)C1SS1)CC(=O)NCCCCC(C(N)=O)C1SS1. The van der Waals surface area contributed by atoms with Gasteiger partial charge in [0.15, 0.2) is 0 Å². The number of rotatable bonds is 56.